The number of methoxy groups -OCH3 is 1. The predicted octanol–water partition coefficient (Wildman–Crippen LogP) is 3.07. The molecule has 2 rings (SSSR count). The maximum absolute atomic E-state index is 13.5. The predicted molar refractivity (Wildman–Crippen MR) is 69.0 cm³/mol. The first-order chi connectivity index (χ1) is 8.63. The molecular formula is C13H11BrFNO2. The standard InChI is InChI=1S/C13H11BrFNO2/c1-18-12-3-2-8(6-10(12)14)13(17)9-4-5-16-7-11(9)15/h2-7,13,17H,1H3. The molecular weight excluding hydrogens is 301 g/mol. The lowest BCUT2D eigenvalue weighted by Gasteiger charge is -2.13. The van der Waals surface area contributed by atoms with E-state index in [0.717, 1.165) is 6.20 Å². The van der Waals surface area contributed by atoms with Crippen molar-refractivity contribution in [3.05, 3.63) is 58.1 Å². The van der Waals surface area contributed by atoms with Crippen LogP contribution in [0.25, 0.3) is 0 Å². The van der Waals surface area contributed by atoms with E-state index in [1.165, 1.54) is 12.3 Å². The molecule has 0 spiro atoms. The number of aliphatic hydroxyl groups is 1. The smallest absolute Gasteiger partial charge is 0.147 e. The minimum atomic E-state index is -1.03. The van der Waals surface area contributed by atoms with Gasteiger partial charge in [0.2, 0.25) is 0 Å². The normalized spacial score (nSPS) is 12.2. The Morgan fingerprint density at radius 2 is 2.17 bits per heavy atom. The zero-order valence-electron chi connectivity index (χ0n) is 9.60. The van der Waals surface area contributed by atoms with Gasteiger partial charge in [0.1, 0.15) is 17.7 Å². The van der Waals surface area contributed by atoms with Gasteiger partial charge in [-0.05, 0) is 39.7 Å². The fraction of sp³-hybridized carbons (Fsp3) is 0.154. The van der Waals surface area contributed by atoms with Crippen molar-refractivity contribution in [1.82, 2.24) is 4.98 Å². The highest BCUT2D eigenvalue weighted by molar-refractivity contribution is 9.10. The van der Waals surface area contributed by atoms with Gasteiger partial charge in [-0.25, -0.2) is 4.39 Å². The van der Waals surface area contributed by atoms with Crippen LogP contribution in [0.1, 0.15) is 17.2 Å². The molecule has 94 valence electrons. The average molecular weight is 312 g/mol. The van der Waals surface area contributed by atoms with Crippen LogP contribution in [-0.4, -0.2) is 17.2 Å². The van der Waals surface area contributed by atoms with Crippen molar-refractivity contribution in [2.75, 3.05) is 7.11 Å². The molecule has 0 saturated heterocycles. The van der Waals surface area contributed by atoms with Gasteiger partial charge in [0.25, 0.3) is 0 Å². The molecule has 1 unspecified atom stereocenters. The van der Waals surface area contributed by atoms with Gasteiger partial charge in [0.15, 0.2) is 0 Å². The second-order valence-electron chi connectivity index (χ2n) is 3.69. The topological polar surface area (TPSA) is 42.4 Å². The third kappa shape index (κ3) is 2.52. The Kier molecular flexibility index (Phi) is 3.93. The van der Waals surface area contributed by atoms with Gasteiger partial charge in [-0.3, -0.25) is 4.98 Å². The maximum Gasteiger partial charge on any atom is 0.147 e. The number of nitrogens with zero attached hydrogens (tertiary/aromatic N) is 1. The van der Waals surface area contributed by atoms with E-state index < -0.39 is 11.9 Å². The zero-order valence-corrected chi connectivity index (χ0v) is 11.2. The van der Waals surface area contributed by atoms with Gasteiger partial charge < -0.3 is 9.84 Å². The number of halogens is 2. The summed E-state index contributed by atoms with van der Waals surface area (Å²) in [6.07, 6.45) is 1.49. The number of ether oxygens (including phenoxy) is 1. The zero-order chi connectivity index (χ0) is 13.1. The lowest BCUT2D eigenvalue weighted by atomic mass is 10.0. The van der Waals surface area contributed by atoms with Crippen LogP contribution in [0.5, 0.6) is 5.75 Å². The van der Waals surface area contributed by atoms with Crippen LogP contribution in [0.3, 0.4) is 0 Å². The average Bonchev–Trinajstić information content (AvgIpc) is 2.38. The molecule has 0 radical (unpaired) electrons. The van der Waals surface area contributed by atoms with E-state index in [1.54, 1.807) is 25.3 Å². The number of benzene rings is 1. The quantitative estimate of drug-likeness (QED) is 0.947. The van der Waals surface area contributed by atoms with Crippen LogP contribution in [-0.2, 0) is 0 Å². The highest BCUT2D eigenvalue weighted by Crippen LogP contribution is 2.31. The monoisotopic (exact) mass is 311 g/mol. The van der Waals surface area contributed by atoms with Gasteiger partial charge >= 0.3 is 0 Å². The van der Waals surface area contributed by atoms with E-state index in [1.807, 2.05) is 0 Å². The lowest BCUT2D eigenvalue weighted by molar-refractivity contribution is 0.214. The SMILES string of the molecule is COc1ccc(C(O)c2ccncc2F)cc1Br. The summed E-state index contributed by atoms with van der Waals surface area (Å²) in [6, 6.07) is 6.55. The molecule has 0 bridgehead atoms. The number of pyridine rings is 1. The molecule has 1 aromatic carbocycles. The van der Waals surface area contributed by atoms with Gasteiger partial charge in [-0.15, -0.1) is 0 Å². The number of aromatic nitrogens is 1. The fourth-order valence-electron chi connectivity index (χ4n) is 1.64. The summed E-state index contributed by atoms with van der Waals surface area (Å²) in [7, 11) is 1.55. The Morgan fingerprint density at radius 1 is 1.39 bits per heavy atom. The molecule has 5 heteroatoms. The maximum atomic E-state index is 13.5. The van der Waals surface area contributed by atoms with Gasteiger partial charge in [-0.1, -0.05) is 6.07 Å². The van der Waals surface area contributed by atoms with E-state index in [-0.39, 0.29) is 5.56 Å². The van der Waals surface area contributed by atoms with Crippen molar-refractivity contribution >= 4 is 15.9 Å². The second-order valence-corrected chi connectivity index (χ2v) is 4.55. The van der Waals surface area contributed by atoms with Crippen molar-refractivity contribution in [2.45, 2.75) is 6.10 Å². The molecule has 3 nitrogen and oxygen atoms in total. The molecule has 1 N–H and O–H groups in total. The molecule has 1 atom stereocenters. The molecule has 0 fully saturated rings. The molecule has 0 saturated carbocycles. The summed E-state index contributed by atoms with van der Waals surface area (Å²) in [4.78, 5) is 3.65. The highest BCUT2D eigenvalue weighted by atomic mass is 79.9. The number of aliphatic hydroxyl groups excluding tert-OH is 1. The van der Waals surface area contributed by atoms with E-state index in [4.69, 9.17) is 4.74 Å². The number of hydrogen-bond donors (Lipinski definition) is 1. The van der Waals surface area contributed by atoms with Gasteiger partial charge in [0.05, 0.1) is 17.8 Å². The summed E-state index contributed by atoms with van der Waals surface area (Å²) >= 11 is 3.32. The number of hydrogen-bond acceptors (Lipinski definition) is 3. The molecule has 0 amide bonds. The van der Waals surface area contributed by atoms with Crippen LogP contribution in [0.4, 0.5) is 4.39 Å². The Morgan fingerprint density at radius 3 is 2.78 bits per heavy atom. The molecule has 0 aliphatic carbocycles. The summed E-state index contributed by atoms with van der Waals surface area (Å²) < 4.78 is 19.3. The van der Waals surface area contributed by atoms with Crippen molar-refractivity contribution < 1.29 is 14.2 Å². The third-order valence-electron chi connectivity index (χ3n) is 2.59. The molecule has 2 aromatic rings. The summed E-state index contributed by atoms with van der Waals surface area (Å²) in [5.41, 5.74) is 0.773. The van der Waals surface area contributed by atoms with Crippen molar-refractivity contribution in [3.63, 3.8) is 0 Å². The van der Waals surface area contributed by atoms with Crippen molar-refractivity contribution in [1.29, 1.82) is 0 Å². The van der Waals surface area contributed by atoms with E-state index >= 15 is 0 Å². The first-order valence-corrected chi connectivity index (χ1v) is 6.03. The summed E-state index contributed by atoms with van der Waals surface area (Å²) in [5.74, 6) is 0.123. The van der Waals surface area contributed by atoms with Gasteiger partial charge in [0, 0.05) is 11.8 Å². The van der Waals surface area contributed by atoms with Crippen molar-refractivity contribution in [2.24, 2.45) is 0 Å². The van der Waals surface area contributed by atoms with Crippen LogP contribution < -0.4 is 4.74 Å². The van der Waals surface area contributed by atoms with Crippen LogP contribution in [0, 0.1) is 5.82 Å². The van der Waals surface area contributed by atoms with Crippen LogP contribution in [0.2, 0.25) is 0 Å². The molecule has 18 heavy (non-hydrogen) atoms. The van der Waals surface area contributed by atoms with Gasteiger partial charge in [-0.2, -0.15) is 0 Å². The second kappa shape index (κ2) is 5.46. The minimum absolute atomic E-state index is 0.196. The summed E-state index contributed by atoms with van der Waals surface area (Å²) in [6.45, 7) is 0. The number of rotatable bonds is 3. The van der Waals surface area contributed by atoms with Crippen molar-refractivity contribution in [3.8, 4) is 5.75 Å². The van der Waals surface area contributed by atoms with E-state index in [2.05, 4.69) is 20.9 Å². The Balaban J connectivity index is 2.37. The lowest BCUT2D eigenvalue weighted by Crippen LogP contribution is -2.03. The van der Waals surface area contributed by atoms with Crippen LogP contribution >= 0.6 is 15.9 Å². The fourth-order valence-corrected chi connectivity index (χ4v) is 2.20. The molecule has 1 heterocycles. The van der Waals surface area contributed by atoms with E-state index in [0.29, 0.717) is 15.8 Å². The minimum Gasteiger partial charge on any atom is -0.496 e. The molecule has 0 aliphatic heterocycles. The van der Waals surface area contributed by atoms with E-state index in [9.17, 15) is 9.50 Å². The first kappa shape index (κ1) is 13.0. The first-order valence-electron chi connectivity index (χ1n) is 5.24. The largest absolute Gasteiger partial charge is 0.496 e. The highest BCUT2D eigenvalue weighted by Gasteiger charge is 2.16. The Labute approximate surface area is 112 Å². The Bertz CT molecular complexity index is 562. The third-order valence-corrected chi connectivity index (χ3v) is 3.21. The Hall–Kier alpha value is -1.46. The molecule has 0 aliphatic rings. The summed E-state index contributed by atoms with van der Waals surface area (Å²) in [5, 5.41) is 10.1. The van der Waals surface area contributed by atoms with Crippen LogP contribution in [0.15, 0.2) is 41.1 Å². The molecule has 1 aromatic heterocycles.